The summed E-state index contributed by atoms with van der Waals surface area (Å²) in [5.74, 6) is -15.2. The van der Waals surface area contributed by atoms with Crippen LogP contribution in [0.25, 0.3) is 0 Å². The van der Waals surface area contributed by atoms with E-state index in [1.807, 2.05) is 27.7 Å². The van der Waals surface area contributed by atoms with E-state index in [1.54, 1.807) is 81.4 Å². The van der Waals surface area contributed by atoms with Gasteiger partial charge in [-0.3, -0.25) is 34.1 Å². The van der Waals surface area contributed by atoms with Crippen LogP contribution in [0.1, 0.15) is 168 Å². The molecule has 1 aromatic carbocycles. The van der Waals surface area contributed by atoms with Crippen LogP contribution in [0.2, 0.25) is 0 Å². The third-order valence-corrected chi connectivity index (χ3v) is 26.5. The van der Waals surface area contributed by atoms with E-state index in [0.29, 0.717) is 18.4 Å². The van der Waals surface area contributed by atoms with Crippen LogP contribution >= 0.6 is 0 Å². The van der Waals surface area contributed by atoms with Gasteiger partial charge in [0, 0.05) is 64.4 Å². The SMILES string of the molecule is C=CCCCCOC(=O)O[C@@H]1C(=O)C=C(C)[C@@H]2C[C@H]3OC(=O)C(OC(=O)CC(O)(C(C)C)C(C)C)C4[C@@H](C)[C@@H](O)[C@]5(O)OC[C@@]43C5[C@@]12C.C=CCCCCOC(=O)Oc1ccc([N+](=O)[O-])cc1.CC1=CC(=O)[C@@H](O)[C@]2(C)C3[C@]45CO[C@]3(O)[C@H](O)[C@H](C)C4C(CC(=O)CC(O)(C(C)C)C(C)C)C(=O)O[C@@H]5C[C@@H]12. The van der Waals surface area contributed by atoms with Gasteiger partial charge < -0.3 is 78.4 Å². The molecule has 4 aliphatic heterocycles. The highest BCUT2D eigenvalue weighted by Gasteiger charge is 2.86. The molecule has 27 heteroatoms. The number of non-ortho nitro benzene ring substituents is 1. The molecule has 4 saturated carbocycles. The Labute approximate surface area is 619 Å². The Hall–Kier alpha value is -6.82. The number of nitro benzene ring substituents is 1. The summed E-state index contributed by atoms with van der Waals surface area (Å²) in [7, 11) is 0. The highest BCUT2D eigenvalue weighted by atomic mass is 16.7. The Morgan fingerprint density at radius 1 is 0.651 bits per heavy atom. The van der Waals surface area contributed by atoms with E-state index in [-0.39, 0.29) is 98.9 Å². The number of nitrogens with zero attached hydrogens (tertiary/aromatic N) is 1. The summed E-state index contributed by atoms with van der Waals surface area (Å²) < 4.78 is 51.0. The fourth-order valence-corrected chi connectivity index (χ4v) is 21.1. The Bertz CT molecular complexity index is 3580. The standard InChI is InChI=1S/C36H52O12.C30H44O9.C13H15NO5/c1-9-10-11-12-13-44-32(41)48-29-23(37)14-20(6)22-15-24-34-17-45-36(43,31(34)33(22,29)8)28(39)21(7)26(34)27(30(40)46-24)47-25(38)16-35(42,18(2)3)19(4)5;1-13(2)29(36,14(3)4)11-17(31)9-18-22-16(6)23(33)30(37)26-27(7)19(15(5)8-20(32)24(27)34)10-21(39-25(18)35)28(22,26)12-38-30;1-2-3-4-5-10-18-13(15)19-12-8-6-11(7-9-12)14(16)17/h9,14,18-19,21-22,24,26-29,31,39,42-43H,1,10-13,15-17H2,2-8H3;8,13-14,16,18-19,21-24,26,33-34,36-37H,9-12H2,1-7H3;2,6-9H,1,3-5,10H2/t21-,22+,24-,26?,27?,28-,29-,31?,33-,34+,36+;16-,18?,19+,21-,22?,23-,24-,26?,27-,28+,30-;/m11./s1. The molecule has 0 amide bonds. The maximum Gasteiger partial charge on any atom is 0.513 e. The first-order chi connectivity index (χ1) is 49.5. The lowest BCUT2D eigenvalue weighted by Gasteiger charge is -2.68. The van der Waals surface area contributed by atoms with Crippen molar-refractivity contribution in [1.82, 2.24) is 0 Å². The highest BCUT2D eigenvalue weighted by Crippen LogP contribution is 2.76. The summed E-state index contributed by atoms with van der Waals surface area (Å²) in [6, 6.07) is 5.20. The second kappa shape index (κ2) is 31.3. The number of aliphatic hydroxyl groups is 7. The molecule has 6 aliphatic carbocycles. The molecule has 7 N–H and O–H groups in total. The average molecular weight is 1490 g/mol. The summed E-state index contributed by atoms with van der Waals surface area (Å²) in [6.45, 7) is 32.5. The first-order valence-corrected chi connectivity index (χ1v) is 37.4. The van der Waals surface area contributed by atoms with Gasteiger partial charge in [0.1, 0.15) is 42.1 Å². The molecule has 10 aliphatic rings. The Morgan fingerprint density at radius 2 is 1.10 bits per heavy atom. The molecule has 11 rings (SSSR count). The van der Waals surface area contributed by atoms with Gasteiger partial charge in [0.2, 0.25) is 6.10 Å². The van der Waals surface area contributed by atoms with Gasteiger partial charge >= 0.3 is 30.2 Å². The number of unbranched alkanes of at least 4 members (excludes halogenated alkanes) is 4. The van der Waals surface area contributed by atoms with Crippen molar-refractivity contribution in [3.05, 3.63) is 83.0 Å². The van der Waals surface area contributed by atoms with E-state index < -0.39 is 181 Å². The predicted octanol–water partition coefficient (Wildman–Crippen LogP) is 8.89. The fraction of sp³-hybridized carbons (Fsp3) is 0.722. The summed E-state index contributed by atoms with van der Waals surface area (Å²) in [5.41, 5.74) is -6.13. The lowest BCUT2D eigenvalue weighted by Crippen LogP contribution is -2.78. The first-order valence-electron chi connectivity index (χ1n) is 37.4. The molecule has 4 heterocycles. The number of hydrogen-bond donors (Lipinski definition) is 7. The molecule has 2 spiro atoms. The third kappa shape index (κ3) is 14.0. The minimum absolute atomic E-state index is 0.0310. The maximum atomic E-state index is 13.8. The van der Waals surface area contributed by atoms with E-state index in [0.717, 1.165) is 37.7 Å². The van der Waals surface area contributed by atoms with E-state index in [1.165, 1.54) is 36.4 Å². The van der Waals surface area contributed by atoms with Crippen LogP contribution in [-0.4, -0.2) is 180 Å². The van der Waals surface area contributed by atoms with Crippen LogP contribution < -0.4 is 4.74 Å². The number of fused-ring (bicyclic) bond motifs is 2. The molecule has 106 heavy (non-hydrogen) atoms. The Morgan fingerprint density at radius 3 is 1.60 bits per heavy atom. The van der Waals surface area contributed by atoms with E-state index in [2.05, 4.69) is 13.2 Å². The zero-order chi connectivity index (χ0) is 78.7. The summed E-state index contributed by atoms with van der Waals surface area (Å²) >= 11 is 0. The van der Waals surface area contributed by atoms with Crippen LogP contribution in [0.3, 0.4) is 0 Å². The van der Waals surface area contributed by atoms with E-state index in [4.69, 9.17) is 42.6 Å². The Kier molecular flexibility index (Phi) is 24.6. The van der Waals surface area contributed by atoms with E-state index in [9.17, 15) is 84.2 Å². The van der Waals surface area contributed by atoms with Gasteiger partial charge in [-0.15, -0.1) is 13.2 Å². The molecular formula is C79H111NO26. The normalized spacial score (nSPS) is 37.2. The number of benzene rings is 1. The molecule has 588 valence electrons. The van der Waals surface area contributed by atoms with Gasteiger partial charge in [-0.25, -0.2) is 14.4 Å². The molecule has 0 radical (unpaired) electrons. The van der Waals surface area contributed by atoms with Crippen molar-refractivity contribution in [1.29, 1.82) is 0 Å². The number of esters is 3. The number of carbonyl (C=O) groups is 8. The molecule has 22 atom stereocenters. The number of carbonyl (C=O) groups excluding carboxylic acids is 8. The topological polar surface area (TPSA) is 404 Å². The van der Waals surface area contributed by atoms with Crippen LogP contribution in [0.5, 0.6) is 5.75 Å². The zero-order valence-corrected chi connectivity index (χ0v) is 63.5. The van der Waals surface area contributed by atoms with Crippen molar-refractivity contribution in [2.75, 3.05) is 26.4 Å². The monoisotopic (exact) mass is 1490 g/mol. The van der Waals surface area contributed by atoms with Crippen LogP contribution in [-0.2, 0) is 66.7 Å². The smallest absolute Gasteiger partial charge is 0.461 e. The number of allylic oxidation sites excluding steroid dienone is 4. The lowest BCUT2D eigenvalue weighted by atomic mass is 9.37. The van der Waals surface area contributed by atoms with Gasteiger partial charge in [-0.1, -0.05) is 106 Å². The highest BCUT2D eigenvalue weighted by molar-refractivity contribution is 5.97. The number of ketones is 3. The second-order valence-corrected chi connectivity index (χ2v) is 33.3. The molecule has 0 aromatic heterocycles. The number of ether oxygens (including phenoxy) is 9. The van der Waals surface area contributed by atoms with Crippen molar-refractivity contribution in [3.8, 4) is 5.75 Å². The number of Topliss-reactive ketones (excluding diaryl/α,β-unsaturated/α-hetero) is 1. The summed E-state index contributed by atoms with van der Waals surface area (Å²) in [6.07, 6.45) is 0.148. The molecule has 6 unspecified atom stereocenters. The molecular weight excluding hydrogens is 1380 g/mol. The second-order valence-electron chi connectivity index (χ2n) is 33.3. The molecule has 27 nitrogen and oxygen atoms in total. The van der Waals surface area contributed by atoms with E-state index >= 15 is 0 Å². The van der Waals surface area contributed by atoms with Gasteiger partial charge in [0.05, 0.1) is 54.9 Å². The van der Waals surface area contributed by atoms with Gasteiger partial charge in [0.15, 0.2) is 29.2 Å². The summed E-state index contributed by atoms with van der Waals surface area (Å²) in [5, 5.41) is 91.9. The summed E-state index contributed by atoms with van der Waals surface area (Å²) in [4.78, 5) is 115. The third-order valence-electron chi connectivity index (χ3n) is 26.5. The minimum Gasteiger partial charge on any atom is -0.461 e. The number of aliphatic hydroxyl groups excluding tert-OH is 3. The van der Waals surface area contributed by atoms with Gasteiger partial charge in [-0.05, 0) is 143 Å². The van der Waals surface area contributed by atoms with Gasteiger partial charge in [0.25, 0.3) is 5.69 Å². The zero-order valence-electron chi connectivity index (χ0n) is 63.5. The van der Waals surface area contributed by atoms with Crippen LogP contribution in [0.4, 0.5) is 15.3 Å². The lowest BCUT2D eigenvalue weighted by molar-refractivity contribution is -0.384. The van der Waals surface area contributed by atoms with Gasteiger partial charge in [-0.2, -0.15) is 0 Å². The molecule has 4 bridgehead atoms. The Balaban J connectivity index is 0.000000200. The van der Waals surface area contributed by atoms with Crippen LogP contribution in [0.15, 0.2) is 72.9 Å². The minimum atomic E-state index is -2.22. The van der Waals surface area contributed by atoms with Crippen molar-refractivity contribution >= 4 is 53.3 Å². The molecule has 8 fully saturated rings. The molecule has 1 aromatic rings. The van der Waals surface area contributed by atoms with Crippen molar-refractivity contribution in [2.45, 2.75) is 233 Å². The molecule has 4 saturated heterocycles. The first kappa shape index (κ1) is 83.2. The average Bonchev–Trinajstić information content (AvgIpc) is 1.40. The van der Waals surface area contributed by atoms with Crippen molar-refractivity contribution in [2.24, 2.45) is 98.6 Å². The largest absolute Gasteiger partial charge is 0.513 e. The van der Waals surface area contributed by atoms with Crippen molar-refractivity contribution < 1.29 is 122 Å². The maximum absolute atomic E-state index is 13.8. The number of rotatable bonds is 24. The number of nitro groups is 1. The van der Waals surface area contributed by atoms with Crippen LogP contribution in [0, 0.1) is 109 Å². The van der Waals surface area contributed by atoms with Crippen molar-refractivity contribution in [3.63, 3.8) is 0 Å². The number of hydrogen-bond acceptors (Lipinski definition) is 26. The quantitative estimate of drug-likeness (QED) is 0.00965. The fourth-order valence-electron chi connectivity index (χ4n) is 21.1. The predicted molar refractivity (Wildman–Crippen MR) is 378 cm³/mol.